The number of amides is 1. The minimum atomic E-state index is -0.445. The lowest BCUT2D eigenvalue weighted by Crippen LogP contribution is -2.39. The number of carbonyl (C=O) groups is 1. The summed E-state index contributed by atoms with van der Waals surface area (Å²) < 4.78 is 8.35. The molecule has 0 fully saturated rings. The minimum absolute atomic E-state index is 0.243. The van der Waals surface area contributed by atoms with Crippen molar-refractivity contribution >= 4 is 28.7 Å². The first-order valence-corrected chi connectivity index (χ1v) is 7.04. The van der Waals surface area contributed by atoms with Crippen molar-refractivity contribution in [2.45, 2.75) is 39.3 Å². The second kappa shape index (κ2) is 4.71. The zero-order valence-corrected chi connectivity index (χ0v) is 13.3. The van der Waals surface area contributed by atoms with E-state index in [1.807, 2.05) is 32.5 Å². The van der Waals surface area contributed by atoms with E-state index < -0.39 is 5.60 Å². The molecule has 1 aromatic heterocycles. The van der Waals surface area contributed by atoms with Gasteiger partial charge in [-0.3, -0.25) is 4.68 Å². The lowest BCUT2D eigenvalue weighted by atomic mass is 10.1. The summed E-state index contributed by atoms with van der Waals surface area (Å²) in [5.74, 6) is 0. The molecule has 0 radical (unpaired) electrons. The zero-order valence-electron chi connectivity index (χ0n) is 11.2. The number of fused-ring (bicyclic) bond motifs is 1. The molecule has 0 spiro atoms. The molecule has 0 aliphatic carbocycles. The Morgan fingerprint density at radius 3 is 2.72 bits per heavy atom. The van der Waals surface area contributed by atoms with E-state index in [1.54, 1.807) is 4.90 Å². The van der Waals surface area contributed by atoms with E-state index in [0.29, 0.717) is 13.1 Å². The summed E-state index contributed by atoms with van der Waals surface area (Å²) in [6.45, 7) is 6.92. The van der Waals surface area contributed by atoms with Gasteiger partial charge in [-0.15, -0.1) is 0 Å². The van der Waals surface area contributed by atoms with Gasteiger partial charge in [0, 0.05) is 25.6 Å². The van der Waals surface area contributed by atoms with Crippen molar-refractivity contribution in [1.29, 1.82) is 0 Å². The normalized spacial score (nSPS) is 15.5. The third-order valence-corrected chi connectivity index (χ3v) is 4.12. The van der Waals surface area contributed by atoms with Crippen LogP contribution in [0.15, 0.2) is 0 Å². The van der Waals surface area contributed by atoms with Crippen molar-refractivity contribution in [3.63, 3.8) is 0 Å². The van der Waals surface area contributed by atoms with Gasteiger partial charge in [0.2, 0.25) is 0 Å². The quantitative estimate of drug-likeness (QED) is 0.665. The third-order valence-electron chi connectivity index (χ3n) is 2.77. The molecular formula is C12H18IN3O2. The second-order valence-corrected chi connectivity index (χ2v) is 6.51. The van der Waals surface area contributed by atoms with Crippen LogP contribution >= 0.6 is 22.6 Å². The van der Waals surface area contributed by atoms with Crippen LogP contribution in [0.5, 0.6) is 0 Å². The number of rotatable bonds is 0. The average molecular weight is 363 g/mol. The molecule has 1 aromatic rings. The van der Waals surface area contributed by atoms with Crippen molar-refractivity contribution in [2.75, 3.05) is 6.54 Å². The van der Waals surface area contributed by atoms with E-state index in [4.69, 9.17) is 4.74 Å². The van der Waals surface area contributed by atoms with E-state index in [-0.39, 0.29) is 6.09 Å². The fourth-order valence-corrected chi connectivity index (χ4v) is 2.54. The van der Waals surface area contributed by atoms with E-state index in [9.17, 15) is 4.79 Å². The van der Waals surface area contributed by atoms with Crippen LogP contribution < -0.4 is 0 Å². The minimum Gasteiger partial charge on any atom is -0.444 e. The number of halogens is 1. The summed E-state index contributed by atoms with van der Waals surface area (Å²) in [6.07, 6.45) is 0.554. The van der Waals surface area contributed by atoms with Gasteiger partial charge in [-0.25, -0.2) is 4.79 Å². The summed E-state index contributed by atoms with van der Waals surface area (Å²) >= 11 is 2.27. The van der Waals surface area contributed by atoms with Crippen molar-refractivity contribution in [3.05, 3.63) is 15.0 Å². The lowest BCUT2D eigenvalue weighted by Gasteiger charge is -2.29. The maximum atomic E-state index is 12.0. The monoisotopic (exact) mass is 363 g/mol. The molecule has 2 heterocycles. The van der Waals surface area contributed by atoms with Gasteiger partial charge in [-0.1, -0.05) is 0 Å². The number of ether oxygens (including phenoxy) is 1. The van der Waals surface area contributed by atoms with Crippen LogP contribution in [-0.2, 0) is 24.8 Å². The van der Waals surface area contributed by atoms with Gasteiger partial charge in [0.15, 0.2) is 0 Å². The fourth-order valence-electron chi connectivity index (χ4n) is 1.95. The van der Waals surface area contributed by atoms with Gasteiger partial charge >= 0.3 is 6.09 Å². The molecule has 5 nitrogen and oxygen atoms in total. The molecule has 0 N–H and O–H groups in total. The zero-order chi connectivity index (χ0) is 13.5. The molecule has 1 aliphatic heterocycles. The van der Waals surface area contributed by atoms with Crippen LogP contribution in [0.3, 0.4) is 0 Å². The van der Waals surface area contributed by atoms with E-state index in [0.717, 1.165) is 21.4 Å². The number of hydrogen-bond acceptors (Lipinski definition) is 3. The smallest absolute Gasteiger partial charge is 0.410 e. The molecule has 6 heteroatoms. The molecular weight excluding hydrogens is 345 g/mol. The maximum absolute atomic E-state index is 12.0. The molecule has 2 rings (SSSR count). The van der Waals surface area contributed by atoms with Gasteiger partial charge in [0.25, 0.3) is 0 Å². The third kappa shape index (κ3) is 2.78. The predicted molar refractivity (Wildman–Crippen MR) is 76.3 cm³/mol. The van der Waals surface area contributed by atoms with Crippen molar-refractivity contribution in [3.8, 4) is 0 Å². The standard InChI is InChI=1S/C12H18IN3O2/c1-12(2,3)18-11(17)16-6-5-9-8(7-16)10(13)15(4)14-9/h5-7H2,1-4H3. The number of hydrogen-bond donors (Lipinski definition) is 0. The van der Waals surface area contributed by atoms with Crippen LogP contribution in [0.4, 0.5) is 4.79 Å². The van der Waals surface area contributed by atoms with E-state index >= 15 is 0 Å². The Bertz CT molecular complexity index is 476. The molecule has 1 amide bonds. The van der Waals surface area contributed by atoms with Gasteiger partial charge in [0.05, 0.1) is 12.2 Å². The Labute approximate surface area is 121 Å². The first-order chi connectivity index (χ1) is 8.28. The second-order valence-electron chi connectivity index (χ2n) is 5.49. The summed E-state index contributed by atoms with van der Waals surface area (Å²) in [4.78, 5) is 13.8. The molecule has 100 valence electrons. The molecule has 0 unspecified atom stereocenters. The fraction of sp³-hybridized carbons (Fsp3) is 0.667. The molecule has 18 heavy (non-hydrogen) atoms. The van der Waals surface area contributed by atoms with Crippen LogP contribution in [0.2, 0.25) is 0 Å². The predicted octanol–water partition coefficient (Wildman–Crippen LogP) is 2.32. The number of carbonyl (C=O) groups excluding carboxylic acids is 1. The topological polar surface area (TPSA) is 47.4 Å². The maximum Gasteiger partial charge on any atom is 0.410 e. The molecule has 1 aliphatic rings. The summed E-state index contributed by atoms with van der Waals surface area (Å²) in [5, 5.41) is 4.45. The van der Waals surface area contributed by atoms with Crippen molar-refractivity contribution < 1.29 is 9.53 Å². The van der Waals surface area contributed by atoms with E-state index in [2.05, 4.69) is 27.7 Å². The highest BCUT2D eigenvalue weighted by Crippen LogP contribution is 2.24. The summed E-state index contributed by atoms with van der Waals surface area (Å²) in [7, 11) is 1.93. The van der Waals surface area contributed by atoms with Crippen LogP contribution in [0.25, 0.3) is 0 Å². The highest BCUT2D eigenvalue weighted by molar-refractivity contribution is 14.1. The lowest BCUT2D eigenvalue weighted by molar-refractivity contribution is 0.0223. The molecule has 0 bridgehead atoms. The van der Waals surface area contributed by atoms with Crippen molar-refractivity contribution in [1.82, 2.24) is 14.7 Å². The molecule has 0 atom stereocenters. The van der Waals surface area contributed by atoms with Crippen LogP contribution in [0.1, 0.15) is 32.0 Å². The van der Waals surface area contributed by atoms with E-state index in [1.165, 1.54) is 0 Å². The Hall–Kier alpha value is -0.790. The summed E-state index contributed by atoms with van der Waals surface area (Å²) in [5.41, 5.74) is 1.80. The number of aromatic nitrogens is 2. The Kier molecular flexibility index (Phi) is 3.57. The largest absolute Gasteiger partial charge is 0.444 e. The first kappa shape index (κ1) is 13.6. The number of aryl methyl sites for hydroxylation is 1. The molecule has 0 saturated carbocycles. The van der Waals surface area contributed by atoms with Crippen LogP contribution in [0, 0.1) is 3.70 Å². The first-order valence-electron chi connectivity index (χ1n) is 5.96. The molecule has 0 saturated heterocycles. The van der Waals surface area contributed by atoms with Gasteiger partial charge in [0.1, 0.15) is 9.30 Å². The highest BCUT2D eigenvalue weighted by Gasteiger charge is 2.28. The summed E-state index contributed by atoms with van der Waals surface area (Å²) in [6, 6.07) is 0. The average Bonchev–Trinajstić information content (AvgIpc) is 2.52. The van der Waals surface area contributed by atoms with Crippen LogP contribution in [-0.4, -0.2) is 32.9 Å². The van der Waals surface area contributed by atoms with Crippen molar-refractivity contribution in [2.24, 2.45) is 7.05 Å². The van der Waals surface area contributed by atoms with Gasteiger partial charge in [-0.2, -0.15) is 5.10 Å². The Balaban J connectivity index is 2.12. The Morgan fingerprint density at radius 2 is 2.11 bits per heavy atom. The van der Waals surface area contributed by atoms with Gasteiger partial charge in [-0.05, 0) is 43.4 Å². The molecule has 0 aromatic carbocycles. The Morgan fingerprint density at radius 1 is 1.44 bits per heavy atom. The SMILES string of the molecule is Cn1nc2c(c1I)CN(C(=O)OC(C)(C)C)CC2. The van der Waals surface area contributed by atoms with Gasteiger partial charge < -0.3 is 9.64 Å². The number of nitrogens with zero attached hydrogens (tertiary/aromatic N) is 3. The highest BCUT2D eigenvalue weighted by atomic mass is 127.